The van der Waals surface area contributed by atoms with Crippen LogP contribution in [0.25, 0.3) is 0 Å². The molecule has 3 heterocycles. The minimum Gasteiger partial charge on any atom is -0.480 e. The summed E-state index contributed by atoms with van der Waals surface area (Å²) in [7, 11) is 0. The van der Waals surface area contributed by atoms with E-state index in [0.29, 0.717) is 13.0 Å². The number of amides is 1. The number of rotatable bonds is 15. The van der Waals surface area contributed by atoms with E-state index in [-0.39, 0.29) is 5.91 Å². The molecule has 2 aromatic heterocycles. The first-order valence-electron chi connectivity index (χ1n) is 14.8. The zero-order chi connectivity index (χ0) is 29.2. The van der Waals surface area contributed by atoms with Gasteiger partial charge in [0, 0.05) is 31.0 Å². The molecule has 0 fully saturated rings. The number of carbonyl (C=O) groups is 2. The molecule has 1 aromatic carbocycles. The zero-order valence-corrected chi connectivity index (χ0v) is 24.6. The number of unbranched alkanes of at least 4 members (excludes halogenated alkanes) is 1. The lowest BCUT2D eigenvalue weighted by Crippen LogP contribution is -2.45. The Hall–Kier alpha value is -3.72. The van der Waals surface area contributed by atoms with E-state index in [1.807, 2.05) is 41.9 Å². The minimum atomic E-state index is -1.01. The van der Waals surface area contributed by atoms with Crippen molar-refractivity contribution < 1.29 is 14.7 Å². The Bertz CT molecular complexity index is 1290. The van der Waals surface area contributed by atoms with Crippen LogP contribution >= 0.6 is 0 Å². The van der Waals surface area contributed by atoms with E-state index >= 15 is 0 Å². The minimum absolute atomic E-state index is 0.273. The molecule has 1 amide bonds. The molecule has 2 atom stereocenters. The largest absolute Gasteiger partial charge is 0.480 e. The van der Waals surface area contributed by atoms with Crippen molar-refractivity contribution >= 4 is 17.7 Å². The van der Waals surface area contributed by atoms with Gasteiger partial charge in [0.2, 0.25) is 5.91 Å². The van der Waals surface area contributed by atoms with Crippen molar-refractivity contribution in [3.63, 3.8) is 0 Å². The normalized spacial score (nSPS) is 14.2. The van der Waals surface area contributed by atoms with Gasteiger partial charge < -0.3 is 20.6 Å². The van der Waals surface area contributed by atoms with Gasteiger partial charge in [0.25, 0.3) is 0 Å². The number of fused-ring (bicyclic) bond motifs is 1. The maximum absolute atomic E-state index is 12.9. The SMILES string of the molecule is Cc1cc(C)n(CCN(CCCCc2ccc3c(n2)NCCC3)CCC(NC(=O)C(C)c2ccccc2)C(=O)O)n1. The molecule has 0 saturated heterocycles. The van der Waals surface area contributed by atoms with Gasteiger partial charge in [-0.15, -0.1) is 0 Å². The van der Waals surface area contributed by atoms with E-state index in [2.05, 4.69) is 45.8 Å². The molecule has 1 aliphatic rings. The molecule has 0 aliphatic carbocycles. The van der Waals surface area contributed by atoms with E-state index in [9.17, 15) is 14.7 Å². The number of hydrogen-bond acceptors (Lipinski definition) is 6. The molecule has 41 heavy (non-hydrogen) atoms. The first-order valence-corrected chi connectivity index (χ1v) is 14.8. The molecule has 0 spiro atoms. The Labute approximate surface area is 243 Å². The summed E-state index contributed by atoms with van der Waals surface area (Å²) >= 11 is 0. The zero-order valence-electron chi connectivity index (χ0n) is 24.6. The van der Waals surface area contributed by atoms with Crippen molar-refractivity contribution in [2.75, 3.05) is 31.5 Å². The summed E-state index contributed by atoms with van der Waals surface area (Å²) in [6.07, 6.45) is 5.44. The van der Waals surface area contributed by atoms with Crippen LogP contribution in [0.4, 0.5) is 5.82 Å². The van der Waals surface area contributed by atoms with Crippen LogP contribution in [0.5, 0.6) is 0 Å². The van der Waals surface area contributed by atoms with Gasteiger partial charge in [-0.05, 0) is 89.1 Å². The number of carboxylic acids is 1. The average molecular weight is 561 g/mol. The molecule has 2 unspecified atom stereocenters. The molecule has 0 saturated carbocycles. The Morgan fingerprint density at radius 1 is 1.10 bits per heavy atom. The van der Waals surface area contributed by atoms with E-state index in [1.165, 1.54) is 5.56 Å². The van der Waals surface area contributed by atoms with Crippen molar-refractivity contribution in [2.24, 2.45) is 0 Å². The molecule has 220 valence electrons. The number of hydrogen-bond donors (Lipinski definition) is 3. The number of aliphatic carboxylic acids is 1. The fraction of sp³-hybridized carbons (Fsp3) is 0.500. The van der Waals surface area contributed by atoms with Gasteiger partial charge in [-0.2, -0.15) is 5.10 Å². The highest BCUT2D eigenvalue weighted by atomic mass is 16.4. The van der Waals surface area contributed by atoms with E-state index in [4.69, 9.17) is 4.98 Å². The lowest BCUT2D eigenvalue weighted by atomic mass is 10.00. The predicted octanol–water partition coefficient (Wildman–Crippen LogP) is 4.34. The molecule has 3 N–H and O–H groups in total. The van der Waals surface area contributed by atoms with Crippen LogP contribution in [0, 0.1) is 13.8 Å². The number of aryl methyl sites for hydroxylation is 4. The molecule has 4 rings (SSSR count). The fourth-order valence-corrected chi connectivity index (χ4v) is 5.38. The Balaban J connectivity index is 1.32. The lowest BCUT2D eigenvalue weighted by Gasteiger charge is -2.25. The number of pyridine rings is 1. The van der Waals surface area contributed by atoms with Crippen molar-refractivity contribution in [1.82, 2.24) is 25.0 Å². The average Bonchev–Trinajstić information content (AvgIpc) is 3.31. The van der Waals surface area contributed by atoms with E-state index in [0.717, 1.165) is 86.7 Å². The van der Waals surface area contributed by atoms with Crippen molar-refractivity contribution in [2.45, 2.75) is 77.8 Å². The summed E-state index contributed by atoms with van der Waals surface area (Å²) in [4.78, 5) is 32.1. The highest BCUT2D eigenvalue weighted by Gasteiger charge is 2.24. The second kappa shape index (κ2) is 14.8. The van der Waals surface area contributed by atoms with Crippen LogP contribution in [0.15, 0.2) is 48.5 Å². The van der Waals surface area contributed by atoms with Gasteiger partial charge in [-0.25, -0.2) is 9.78 Å². The summed E-state index contributed by atoms with van der Waals surface area (Å²) in [5, 5.41) is 20.7. The highest BCUT2D eigenvalue weighted by molar-refractivity contribution is 5.87. The number of carboxylic acid groups (broad SMARTS) is 1. The quantitative estimate of drug-likeness (QED) is 0.237. The van der Waals surface area contributed by atoms with Gasteiger partial charge in [-0.3, -0.25) is 9.48 Å². The lowest BCUT2D eigenvalue weighted by molar-refractivity contribution is -0.142. The molecule has 0 radical (unpaired) electrons. The predicted molar refractivity (Wildman–Crippen MR) is 161 cm³/mol. The molecule has 9 nitrogen and oxygen atoms in total. The third-order valence-corrected chi connectivity index (χ3v) is 7.88. The second-order valence-corrected chi connectivity index (χ2v) is 11.1. The second-order valence-electron chi connectivity index (χ2n) is 11.1. The molecule has 1 aliphatic heterocycles. The molecule has 9 heteroatoms. The summed E-state index contributed by atoms with van der Waals surface area (Å²) in [6, 6.07) is 14.9. The van der Waals surface area contributed by atoms with Crippen molar-refractivity contribution in [3.8, 4) is 0 Å². The molecule has 3 aromatic rings. The van der Waals surface area contributed by atoms with Crippen LogP contribution in [-0.2, 0) is 29.0 Å². The summed E-state index contributed by atoms with van der Waals surface area (Å²) < 4.78 is 2.00. The number of aromatic nitrogens is 3. The summed E-state index contributed by atoms with van der Waals surface area (Å²) in [5.74, 6) is -0.676. The maximum Gasteiger partial charge on any atom is 0.326 e. The summed E-state index contributed by atoms with van der Waals surface area (Å²) in [6.45, 7) is 9.71. The van der Waals surface area contributed by atoms with Crippen molar-refractivity contribution in [3.05, 3.63) is 76.7 Å². The third-order valence-electron chi connectivity index (χ3n) is 7.88. The van der Waals surface area contributed by atoms with E-state index in [1.54, 1.807) is 6.92 Å². The third kappa shape index (κ3) is 8.88. The number of anilines is 1. The van der Waals surface area contributed by atoms with Gasteiger partial charge in [0.1, 0.15) is 11.9 Å². The van der Waals surface area contributed by atoms with Gasteiger partial charge in [0.15, 0.2) is 0 Å². The van der Waals surface area contributed by atoms with Crippen LogP contribution < -0.4 is 10.6 Å². The number of benzene rings is 1. The van der Waals surface area contributed by atoms with Gasteiger partial charge in [-0.1, -0.05) is 36.4 Å². The van der Waals surface area contributed by atoms with Crippen molar-refractivity contribution in [1.29, 1.82) is 0 Å². The fourth-order valence-electron chi connectivity index (χ4n) is 5.38. The van der Waals surface area contributed by atoms with Gasteiger partial charge >= 0.3 is 5.97 Å². The first-order chi connectivity index (χ1) is 19.8. The Kier molecular flexibility index (Phi) is 10.9. The Morgan fingerprint density at radius 3 is 2.63 bits per heavy atom. The molecular formula is C32H44N6O3. The first kappa shape index (κ1) is 30.2. The van der Waals surface area contributed by atoms with Crippen LogP contribution in [0.1, 0.15) is 66.7 Å². The Morgan fingerprint density at radius 2 is 1.90 bits per heavy atom. The molecule has 0 bridgehead atoms. The highest BCUT2D eigenvalue weighted by Crippen LogP contribution is 2.20. The molecular weight excluding hydrogens is 516 g/mol. The maximum atomic E-state index is 12.9. The van der Waals surface area contributed by atoms with Crippen LogP contribution in [0.3, 0.4) is 0 Å². The number of nitrogens with one attached hydrogen (secondary N) is 2. The smallest absolute Gasteiger partial charge is 0.326 e. The standard InChI is InChI=1S/C32H44N6O3/c1-23-22-24(2)38(36-23)21-20-37(18-8-7-13-28-15-14-27-12-9-17-33-30(27)34-28)19-16-29(32(40)41)35-31(39)25(3)26-10-5-4-6-11-26/h4-6,10-11,14-15,22,25,29H,7-9,12-13,16-21H2,1-3H3,(H,33,34)(H,35,39)(H,40,41). The van der Waals surface area contributed by atoms with E-state index < -0.39 is 17.9 Å². The van der Waals surface area contributed by atoms with Gasteiger partial charge in [0.05, 0.1) is 18.2 Å². The van der Waals surface area contributed by atoms with Crippen LogP contribution in [-0.4, -0.2) is 68.9 Å². The number of nitrogens with zero attached hydrogens (tertiary/aromatic N) is 4. The number of carbonyl (C=O) groups excluding carboxylic acids is 1. The monoisotopic (exact) mass is 560 g/mol. The topological polar surface area (TPSA) is 112 Å². The summed E-state index contributed by atoms with van der Waals surface area (Å²) in [5.41, 5.74) is 5.37. The van der Waals surface area contributed by atoms with Crippen LogP contribution in [0.2, 0.25) is 0 Å².